The molecule has 2 aromatic rings. The van der Waals surface area contributed by atoms with Crippen molar-refractivity contribution in [2.45, 2.75) is 19.9 Å². The molecule has 0 radical (unpaired) electrons. The summed E-state index contributed by atoms with van der Waals surface area (Å²) in [5.41, 5.74) is 3.16. The van der Waals surface area contributed by atoms with Gasteiger partial charge in [0.2, 0.25) is 0 Å². The second kappa shape index (κ2) is 11.5. The number of ether oxygens (including phenoxy) is 2. The third-order valence-electron chi connectivity index (χ3n) is 5.19. The summed E-state index contributed by atoms with van der Waals surface area (Å²) in [6.07, 6.45) is 1.03. The SMILES string of the molecule is COc1ccc(CN(CCCN2CCOCC2)C(=S)Nc2cc(C)ccc2Cl)cc1. The molecule has 0 amide bonds. The number of methoxy groups -OCH3 is 1. The van der Waals surface area contributed by atoms with Crippen molar-refractivity contribution in [2.24, 2.45) is 0 Å². The molecular formula is C23H30ClN3O2S. The maximum Gasteiger partial charge on any atom is 0.173 e. The average Bonchev–Trinajstić information content (AvgIpc) is 2.76. The van der Waals surface area contributed by atoms with Gasteiger partial charge < -0.3 is 19.7 Å². The lowest BCUT2D eigenvalue weighted by molar-refractivity contribution is 0.0368. The van der Waals surface area contributed by atoms with E-state index in [1.165, 1.54) is 5.56 Å². The van der Waals surface area contributed by atoms with Gasteiger partial charge in [0.25, 0.3) is 0 Å². The molecular weight excluding hydrogens is 418 g/mol. The fraction of sp³-hybridized carbons (Fsp3) is 0.435. The second-order valence-electron chi connectivity index (χ2n) is 7.49. The van der Waals surface area contributed by atoms with Gasteiger partial charge in [-0.05, 0) is 61.0 Å². The largest absolute Gasteiger partial charge is 0.497 e. The minimum absolute atomic E-state index is 0.667. The van der Waals surface area contributed by atoms with Gasteiger partial charge in [0.15, 0.2) is 5.11 Å². The number of hydrogen-bond donors (Lipinski definition) is 1. The summed E-state index contributed by atoms with van der Waals surface area (Å²) in [5, 5.41) is 4.70. The van der Waals surface area contributed by atoms with Crippen molar-refractivity contribution in [2.75, 3.05) is 51.8 Å². The average molecular weight is 448 g/mol. The maximum atomic E-state index is 6.37. The Morgan fingerprint density at radius 2 is 1.93 bits per heavy atom. The standard InChI is InChI=1S/C23H30ClN3O2S/c1-18-4-9-21(24)22(16-18)25-23(30)27(11-3-10-26-12-14-29-15-13-26)17-19-5-7-20(28-2)8-6-19/h4-9,16H,3,10-15,17H2,1-2H3,(H,25,30). The highest BCUT2D eigenvalue weighted by molar-refractivity contribution is 7.80. The first kappa shape index (κ1) is 22.8. The van der Waals surface area contributed by atoms with E-state index in [0.717, 1.165) is 69.4 Å². The number of halogens is 1. The van der Waals surface area contributed by atoms with Gasteiger partial charge in [0, 0.05) is 32.7 Å². The number of nitrogens with one attached hydrogen (secondary N) is 1. The van der Waals surface area contributed by atoms with Crippen LogP contribution in [0.4, 0.5) is 5.69 Å². The van der Waals surface area contributed by atoms with Crippen LogP contribution in [0.1, 0.15) is 17.5 Å². The Hall–Kier alpha value is -1.86. The minimum Gasteiger partial charge on any atom is -0.497 e. The fourth-order valence-electron chi connectivity index (χ4n) is 3.44. The molecule has 3 rings (SSSR count). The molecule has 0 unspecified atom stereocenters. The molecule has 0 bridgehead atoms. The number of aryl methyl sites for hydroxylation is 1. The molecule has 30 heavy (non-hydrogen) atoms. The van der Waals surface area contributed by atoms with E-state index in [1.54, 1.807) is 7.11 Å². The zero-order chi connectivity index (χ0) is 21.3. The topological polar surface area (TPSA) is 37.0 Å². The molecule has 1 aliphatic rings. The number of benzene rings is 2. The second-order valence-corrected chi connectivity index (χ2v) is 8.28. The molecule has 1 saturated heterocycles. The van der Waals surface area contributed by atoms with Crippen molar-refractivity contribution in [1.82, 2.24) is 9.80 Å². The lowest BCUT2D eigenvalue weighted by atomic mass is 10.2. The summed E-state index contributed by atoms with van der Waals surface area (Å²) in [6.45, 7) is 8.31. The molecule has 7 heteroatoms. The highest BCUT2D eigenvalue weighted by atomic mass is 35.5. The van der Waals surface area contributed by atoms with E-state index < -0.39 is 0 Å². The van der Waals surface area contributed by atoms with E-state index in [2.05, 4.69) is 27.2 Å². The van der Waals surface area contributed by atoms with Gasteiger partial charge >= 0.3 is 0 Å². The first-order chi connectivity index (χ1) is 14.5. The van der Waals surface area contributed by atoms with E-state index in [-0.39, 0.29) is 0 Å². The van der Waals surface area contributed by atoms with E-state index >= 15 is 0 Å². The highest BCUT2D eigenvalue weighted by Crippen LogP contribution is 2.23. The van der Waals surface area contributed by atoms with Gasteiger partial charge in [-0.1, -0.05) is 29.8 Å². The molecule has 1 heterocycles. The first-order valence-corrected chi connectivity index (χ1v) is 11.1. The van der Waals surface area contributed by atoms with Crippen LogP contribution >= 0.6 is 23.8 Å². The van der Waals surface area contributed by atoms with Crippen LogP contribution in [0.15, 0.2) is 42.5 Å². The van der Waals surface area contributed by atoms with E-state index in [4.69, 9.17) is 33.3 Å². The molecule has 1 N–H and O–H groups in total. The molecule has 0 aliphatic carbocycles. The van der Waals surface area contributed by atoms with Crippen LogP contribution in [0, 0.1) is 6.92 Å². The van der Waals surface area contributed by atoms with Crippen molar-refractivity contribution in [3.05, 3.63) is 58.6 Å². The predicted molar refractivity (Wildman–Crippen MR) is 128 cm³/mol. The molecule has 162 valence electrons. The summed E-state index contributed by atoms with van der Waals surface area (Å²) >= 11 is 12.1. The third kappa shape index (κ3) is 6.84. The van der Waals surface area contributed by atoms with Crippen LogP contribution in [-0.2, 0) is 11.3 Å². The Labute approximate surface area is 189 Å². The lowest BCUT2D eigenvalue weighted by Gasteiger charge is -2.30. The lowest BCUT2D eigenvalue weighted by Crippen LogP contribution is -2.40. The van der Waals surface area contributed by atoms with Crippen LogP contribution in [0.2, 0.25) is 5.02 Å². The molecule has 1 aliphatic heterocycles. The first-order valence-electron chi connectivity index (χ1n) is 10.3. The summed E-state index contributed by atoms with van der Waals surface area (Å²) in [7, 11) is 1.68. The zero-order valence-electron chi connectivity index (χ0n) is 17.7. The number of hydrogen-bond acceptors (Lipinski definition) is 4. The summed E-state index contributed by atoms with van der Waals surface area (Å²) in [4.78, 5) is 4.65. The van der Waals surface area contributed by atoms with Crippen LogP contribution in [0.5, 0.6) is 5.75 Å². The molecule has 0 aromatic heterocycles. The van der Waals surface area contributed by atoms with Crippen LogP contribution in [0.25, 0.3) is 0 Å². The number of nitrogens with zero attached hydrogens (tertiary/aromatic N) is 2. The Morgan fingerprint density at radius 3 is 2.63 bits per heavy atom. The van der Waals surface area contributed by atoms with Gasteiger partial charge in [0.1, 0.15) is 5.75 Å². The molecule has 0 saturated carbocycles. The number of rotatable bonds is 8. The van der Waals surface area contributed by atoms with Gasteiger partial charge in [-0.25, -0.2) is 0 Å². The van der Waals surface area contributed by atoms with Crippen LogP contribution in [0.3, 0.4) is 0 Å². The predicted octanol–water partition coefficient (Wildman–Crippen LogP) is 4.58. The van der Waals surface area contributed by atoms with Gasteiger partial charge in [-0.3, -0.25) is 4.90 Å². The Balaban J connectivity index is 1.66. The molecule has 0 atom stereocenters. The van der Waals surface area contributed by atoms with Crippen LogP contribution in [-0.4, -0.2) is 61.4 Å². The monoisotopic (exact) mass is 447 g/mol. The van der Waals surface area contributed by atoms with E-state index in [0.29, 0.717) is 10.1 Å². The number of anilines is 1. The van der Waals surface area contributed by atoms with Crippen molar-refractivity contribution in [3.8, 4) is 5.75 Å². The Morgan fingerprint density at radius 1 is 1.20 bits per heavy atom. The molecule has 0 spiro atoms. The van der Waals surface area contributed by atoms with Gasteiger partial charge in [-0.15, -0.1) is 0 Å². The Bertz CT molecular complexity index is 826. The third-order valence-corrected chi connectivity index (χ3v) is 5.88. The van der Waals surface area contributed by atoms with Crippen molar-refractivity contribution >= 4 is 34.6 Å². The summed E-state index contributed by atoms with van der Waals surface area (Å²) in [5.74, 6) is 0.852. The van der Waals surface area contributed by atoms with Gasteiger partial charge in [-0.2, -0.15) is 0 Å². The Kier molecular flexibility index (Phi) is 8.75. The van der Waals surface area contributed by atoms with Crippen molar-refractivity contribution in [3.63, 3.8) is 0 Å². The molecule has 5 nitrogen and oxygen atoms in total. The van der Waals surface area contributed by atoms with Crippen LogP contribution < -0.4 is 10.1 Å². The molecule has 1 fully saturated rings. The summed E-state index contributed by atoms with van der Waals surface area (Å²) < 4.78 is 10.7. The summed E-state index contributed by atoms with van der Waals surface area (Å²) in [6, 6.07) is 14.0. The minimum atomic E-state index is 0.667. The van der Waals surface area contributed by atoms with E-state index in [9.17, 15) is 0 Å². The van der Waals surface area contributed by atoms with Gasteiger partial charge in [0.05, 0.1) is 31.0 Å². The molecule has 2 aromatic carbocycles. The van der Waals surface area contributed by atoms with Crippen molar-refractivity contribution in [1.29, 1.82) is 0 Å². The highest BCUT2D eigenvalue weighted by Gasteiger charge is 2.15. The maximum absolute atomic E-state index is 6.37. The van der Waals surface area contributed by atoms with Crippen molar-refractivity contribution < 1.29 is 9.47 Å². The van der Waals surface area contributed by atoms with E-state index in [1.807, 2.05) is 37.3 Å². The quantitative estimate of drug-likeness (QED) is 0.597. The normalized spacial score (nSPS) is 14.4. The smallest absolute Gasteiger partial charge is 0.173 e. The number of morpholine rings is 1. The fourth-order valence-corrected chi connectivity index (χ4v) is 3.87. The zero-order valence-corrected chi connectivity index (χ0v) is 19.3. The number of thiocarbonyl (C=S) groups is 1.